The molecule has 114 valence electrons. The highest BCUT2D eigenvalue weighted by Crippen LogP contribution is 2.21. The molecule has 0 aromatic rings. The number of rotatable bonds is 12. The topological polar surface area (TPSA) is 96.8 Å². The van der Waals surface area contributed by atoms with Crippen molar-refractivity contribution < 1.29 is 18.1 Å². The molecule has 0 fully saturated rings. The van der Waals surface area contributed by atoms with Crippen molar-refractivity contribution in [3.63, 3.8) is 0 Å². The van der Waals surface area contributed by atoms with Crippen LogP contribution >= 0.6 is 0 Å². The van der Waals surface area contributed by atoms with E-state index in [4.69, 9.17) is 24.7 Å². The van der Waals surface area contributed by atoms with Gasteiger partial charge in [0, 0.05) is 19.3 Å². The molecule has 0 spiro atoms. The van der Waals surface area contributed by atoms with Crippen molar-refractivity contribution in [2.45, 2.75) is 52.2 Å². The summed E-state index contributed by atoms with van der Waals surface area (Å²) in [6.07, 6.45) is 2.18. The minimum absolute atomic E-state index is 0.495. The Kier molecular flexibility index (Phi) is 10.1. The molecular weight excluding hydrogens is 264 g/mol. The second-order valence-electron chi connectivity index (χ2n) is 4.31. The molecule has 0 saturated carbocycles. The number of unbranched alkanes of at least 4 members (excludes halogenated alkanes) is 2. The standard InChI is InChI=1S/C12H28N2O4Si/c1-4-16-19(17-5-2,10-8-6-7-9-13)18-11(3)12(14)15/h11H,4-10,13H2,1-3H3,(H2,14,15). The molecule has 0 aromatic heterocycles. The molecule has 0 aromatic carbocycles. The van der Waals surface area contributed by atoms with Crippen molar-refractivity contribution in [3.05, 3.63) is 0 Å². The normalized spacial score (nSPS) is 13.5. The molecule has 0 aliphatic rings. The molecule has 6 nitrogen and oxygen atoms in total. The Morgan fingerprint density at radius 2 is 1.74 bits per heavy atom. The van der Waals surface area contributed by atoms with Crippen LogP contribution in [0.25, 0.3) is 0 Å². The zero-order valence-electron chi connectivity index (χ0n) is 12.3. The van der Waals surface area contributed by atoms with E-state index in [9.17, 15) is 4.79 Å². The van der Waals surface area contributed by atoms with E-state index in [0.717, 1.165) is 19.3 Å². The van der Waals surface area contributed by atoms with Crippen LogP contribution in [-0.4, -0.2) is 40.6 Å². The van der Waals surface area contributed by atoms with Gasteiger partial charge in [-0.1, -0.05) is 6.42 Å². The van der Waals surface area contributed by atoms with Crippen LogP contribution in [0.2, 0.25) is 6.04 Å². The van der Waals surface area contributed by atoms with Gasteiger partial charge in [0.15, 0.2) is 0 Å². The zero-order chi connectivity index (χ0) is 14.7. The van der Waals surface area contributed by atoms with Gasteiger partial charge in [0.2, 0.25) is 5.91 Å². The highest BCUT2D eigenvalue weighted by Gasteiger charge is 2.42. The third-order valence-corrected chi connectivity index (χ3v) is 5.81. The van der Waals surface area contributed by atoms with Gasteiger partial charge in [-0.2, -0.15) is 0 Å². The summed E-state index contributed by atoms with van der Waals surface area (Å²) in [6, 6.07) is 0.687. The largest absolute Gasteiger partial charge is 0.501 e. The number of hydrogen-bond donors (Lipinski definition) is 2. The third-order valence-electron chi connectivity index (χ3n) is 2.67. The lowest BCUT2D eigenvalue weighted by Gasteiger charge is -2.30. The summed E-state index contributed by atoms with van der Waals surface area (Å²) in [4.78, 5) is 11.2. The van der Waals surface area contributed by atoms with E-state index in [2.05, 4.69) is 0 Å². The van der Waals surface area contributed by atoms with E-state index in [0.29, 0.717) is 25.8 Å². The Morgan fingerprint density at radius 1 is 1.16 bits per heavy atom. The van der Waals surface area contributed by atoms with E-state index >= 15 is 0 Å². The maximum absolute atomic E-state index is 11.2. The summed E-state index contributed by atoms with van der Waals surface area (Å²) < 4.78 is 17.2. The first-order chi connectivity index (χ1) is 9.01. The van der Waals surface area contributed by atoms with E-state index in [1.807, 2.05) is 13.8 Å². The van der Waals surface area contributed by atoms with E-state index in [1.165, 1.54) is 0 Å². The molecule has 0 aliphatic carbocycles. The summed E-state index contributed by atoms with van der Waals surface area (Å²) in [7, 11) is -2.81. The summed E-state index contributed by atoms with van der Waals surface area (Å²) in [5, 5.41) is 0. The van der Waals surface area contributed by atoms with Crippen LogP contribution in [0.3, 0.4) is 0 Å². The van der Waals surface area contributed by atoms with Crippen LogP contribution in [0.1, 0.15) is 40.0 Å². The van der Waals surface area contributed by atoms with Gasteiger partial charge in [-0.3, -0.25) is 4.79 Å². The molecule has 19 heavy (non-hydrogen) atoms. The Bertz CT molecular complexity index is 248. The van der Waals surface area contributed by atoms with E-state index in [1.54, 1.807) is 6.92 Å². The molecule has 0 aliphatic heterocycles. The van der Waals surface area contributed by atoms with Crippen molar-refractivity contribution in [3.8, 4) is 0 Å². The minimum atomic E-state index is -2.81. The summed E-state index contributed by atoms with van der Waals surface area (Å²) in [6.45, 7) is 7.07. The number of amides is 1. The molecule has 0 saturated heterocycles. The second-order valence-corrected chi connectivity index (χ2v) is 6.99. The van der Waals surface area contributed by atoms with Gasteiger partial charge in [-0.15, -0.1) is 0 Å². The first-order valence-electron chi connectivity index (χ1n) is 6.96. The summed E-state index contributed by atoms with van der Waals surface area (Å²) in [5.41, 5.74) is 10.7. The number of hydrogen-bond acceptors (Lipinski definition) is 5. The predicted octanol–water partition coefficient (Wildman–Crippen LogP) is 1.02. The average molecular weight is 292 g/mol. The maximum Gasteiger partial charge on any atom is 0.501 e. The van der Waals surface area contributed by atoms with Crippen molar-refractivity contribution in [2.24, 2.45) is 11.5 Å². The Balaban J connectivity index is 4.60. The first kappa shape index (κ1) is 18.5. The number of carbonyl (C=O) groups is 1. The van der Waals surface area contributed by atoms with Crippen LogP contribution in [0.4, 0.5) is 0 Å². The Labute approximate surface area is 117 Å². The molecule has 0 bridgehead atoms. The molecule has 0 heterocycles. The highest BCUT2D eigenvalue weighted by molar-refractivity contribution is 6.60. The van der Waals surface area contributed by atoms with Crippen LogP contribution in [0, 0.1) is 0 Å². The third kappa shape index (κ3) is 7.63. The molecule has 4 N–H and O–H groups in total. The van der Waals surface area contributed by atoms with Gasteiger partial charge in [-0.25, -0.2) is 0 Å². The quantitative estimate of drug-likeness (QED) is 0.413. The second kappa shape index (κ2) is 10.3. The maximum atomic E-state index is 11.2. The Hall–Kier alpha value is -0.473. The van der Waals surface area contributed by atoms with E-state index < -0.39 is 20.8 Å². The molecule has 0 radical (unpaired) electrons. The lowest BCUT2D eigenvalue weighted by molar-refractivity contribution is -0.126. The van der Waals surface area contributed by atoms with Crippen LogP contribution in [0.15, 0.2) is 0 Å². The first-order valence-corrected chi connectivity index (χ1v) is 8.89. The number of carbonyl (C=O) groups excluding carboxylic acids is 1. The van der Waals surface area contributed by atoms with Crippen LogP contribution < -0.4 is 11.5 Å². The molecule has 1 amide bonds. The highest BCUT2D eigenvalue weighted by atomic mass is 28.4. The molecule has 0 rings (SSSR count). The van der Waals surface area contributed by atoms with Gasteiger partial charge in [-0.05, 0) is 40.2 Å². The van der Waals surface area contributed by atoms with Gasteiger partial charge in [0.05, 0.1) is 0 Å². The minimum Gasteiger partial charge on any atom is -0.374 e. The van der Waals surface area contributed by atoms with Gasteiger partial charge >= 0.3 is 8.80 Å². The smallest absolute Gasteiger partial charge is 0.374 e. The zero-order valence-corrected chi connectivity index (χ0v) is 13.3. The van der Waals surface area contributed by atoms with E-state index in [-0.39, 0.29) is 0 Å². The number of nitrogens with two attached hydrogens (primary N) is 2. The average Bonchev–Trinajstić information content (AvgIpc) is 2.35. The molecule has 1 unspecified atom stereocenters. The Morgan fingerprint density at radius 3 is 2.16 bits per heavy atom. The van der Waals surface area contributed by atoms with Crippen molar-refractivity contribution in [1.82, 2.24) is 0 Å². The van der Waals surface area contributed by atoms with Crippen molar-refractivity contribution in [2.75, 3.05) is 19.8 Å². The molecule has 1 atom stereocenters. The van der Waals surface area contributed by atoms with Crippen LogP contribution in [-0.2, 0) is 18.1 Å². The summed E-state index contributed by atoms with van der Waals surface area (Å²) >= 11 is 0. The molecular formula is C12H28N2O4Si. The monoisotopic (exact) mass is 292 g/mol. The van der Waals surface area contributed by atoms with Gasteiger partial charge in [0.25, 0.3) is 0 Å². The summed E-state index contributed by atoms with van der Waals surface area (Å²) in [5.74, 6) is -0.502. The fourth-order valence-corrected chi connectivity index (χ4v) is 4.59. The van der Waals surface area contributed by atoms with Gasteiger partial charge in [0.1, 0.15) is 6.10 Å². The van der Waals surface area contributed by atoms with Crippen molar-refractivity contribution >= 4 is 14.7 Å². The predicted molar refractivity (Wildman–Crippen MR) is 76.5 cm³/mol. The van der Waals surface area contributed by atoms with Crippen molar-refractivity contribution in [1.29, 1.82) is 0 Å². The van der Waals surface area contributed by atoms with Crippen LogP contribution in [0.5, 0.6) is 0 Å². The number of primary amides is 1. The lowest BCUT2D eigenvalue weighted by atomic mass is 10.2. The molecule has 7 heteroatoms. The fourth-order valence-electron chi connectivity index (χ4n) is 1.74. The van der Waals surface area contributed by atoms with Gasteiger partial charge < -0.3 is 24.7 Å². The fraction of sp³-hybridized carbons (Fsp3) is 0.917. The SMILES string of the molecule is CCO[Si](CCCCCN)(OCC)OC(C)C(N)=O. The lowest BCUT2D eigenvalue weighted by Crippen LogP contribution is -2.50.